The smallest absolute Gasteiger partial charge is 0.228 e. The van der Waals surface area contributed by atoms with Crippen LogP contribution in [0.5, 0.6) is 0 Å². The number of piperidine rings is 1. The fraction of sp³-hybridized carbons (Fsp3) is 0.654. The molecule has 172 valence electrons. The van der Waals surface area contributed by atoms with Gasteiger partial charge in [0.2, 0.25) is 11.8 Å². The van der Waals surface area contributed by atoms with Crippen LogP contribution in [0.4, 0.5) is 5.69 Å². The first-order valence-electron chi connectivity index (χ1n) is 12.0. The third-order valence-electron chi connectivity index (χ3n) is 9.64. The van der Waals surface area contributed by atoms with Gasteiger partial charge in [-0.1, -0.05) is 31.0 Å². The standard InChI is InChI=1S/C26H34ClN3O2/c1-15-14-16-17-7-8-19(24(32)29-20-6-5-13-28-23(20)27)25(17,2)11-9-18(16)26(3)12-10-21(31)30(4)22(15)26/h5-6,13,16-19H,7-12,14H2,1-4H3,(H,29,32)/t16-,17-,18-,19+,25-,26+/m0/s1. The molecule has 0 spiro atoms. The maximum absolute atomic E-state index is 13.4. The summed E-state index contributed by atoms with van der Waals surface area (Å²) in [5.41, 5.74) is 3.34. The molecule has 5 nitrogen and oxygen atoms in total. The Labute approximate surface area is 196 Å². The fourth-order valence-corrected chi connectivity index (χ4v) is 8.41. The number of allylic oxidation sites excluding steroid dienone is 2. The zero-order valence-corrected chi connectivity index (χ0v) is 20.3. The van der Waals surface area contributed by atoms with Gasteiger partial charge < -0.3 is 10.2 Å². The highest BCUT2D eigenvalue weighted by molar-refractivity contribution is 6.32. The van der Waals surface area contributed by atoms with Crippen molar-refractivity contribution in [2.24, 2.45) is 34.5 Å². The molecule has 5 rings (SSSR count). The normalized spacial score (nSPS) is 38.8. The molecule has 32 heavy (non-hydrogen) atoms. The predicted octanol–water partition coefficient (Wildman–Crippen LogP) is 5.67. The van der Waals surface area contributed by atoms with Crippen molar-refractivity contribution < 1.29 is 9.59 Å². The highest BCUT2D eigenvalue weighted by atomic mass is 35.5. The molecule has 0 radical (unpaired) electrons. The van der Waals surface area contributed by atoms with E-state index in [9.17, 15) is 9.59 Å². The molecule has 3 fully saturated rings. The van der Waals surface area contributed by atoms with Crippen molar-refractivity contribution in [1.29, 1.82) is 0 Å². The van der Waals surface area contributed by atoms with Gasteiger partial charge in [0, 0.05) is 36.7 Å². The topological polar surface area (TPSA) is 62.3 Å². The number of likely N-dealkylation sites (tertiary alicyclic amines) is 1. The van der Waals surface area contributed by atoms with E-state index in [1.807, 2.05) is 18.0 Å². The summed E-state index contributed by atoms with van der Waals surface area (Å²) in [5.74, 6) is 2.05. The summed E-state index contributed by atoms with van der Waals surface area (Å²) >= 11 is 6.20. The second-order valence-corrected chi connectivity index (χ2v) is 11.4. The van der Waals surface area contributed by atoms with Crippen molar-refractivity contribution in [3.63, 3.8) is 0 Å². The lowest BCUT2D eigenvalue weighted by Gasteiger charge is -2.59. The zero-order valence-electron chi connectivity index (χ0n) is 19.6. The minimum Gasteiger partial charge on any atom is -0.323 e. The van der Waals surface area contributed by atoms with Crippen molar-refractivity contribution in [3.05, 3.63) is 34.8 Å². The van der Waals surface area contributed by atoms with Gasteiger partial charge in [0.25, 0.3) is 0 Å². The highest BCUT2D eigenvalue weighted by Gasteiger charge is 2.61. The molecule has 2 heterocycles. The van der Waals surface area contributed by atoms with Gasteiger partial charge in [-0.05, 0) is 80.8 Å². The van der Waals surface area contributed by atoms with Gasteiger partial charge in [0.1, 0.15) is 0 Å². The molecule has 0 aromatic carbocycles. The number of hydrogen-bond acceptors (Lipinski definition) is 3. The van der Waals surface area contributed by atoms with Gasteiger partial charge in [0.05, 0.1) is 5.69 Å². The van der Waals surface area contributed by atoms with Gasteiger partial charge >= 0.3 is 0 Å². The van der Waals surface area contributed by atoms with E-state index in [1.165, 1.54) is 11.3 Å². The first kappa shape index (κ1) is 21.9. The summed E-state index contributed by atoms with van der Waals surface area (Å²) in [7, 11) is 1.96. The molecule has 6 heteroatoms. The Morgan fingerprint density at radius 2 is 2.00 bits per heavy atom. The lowest BCUT2D eigenvalue weighted by Crippen LogP contribution is -2.54. The Balaban J connectivity index is 1.42. The van der Waals surface area contributed by atoms with Gasteiger partial charge in [-0.25, -0.2) is 4.98 Å². The zero-order chi connectivity index (χ0) is 22.8. The Bertz CT molecular complexity index is 1010. The molecular formula is C26H34ClN3O2. The maximum Gasteiger partial charge on any atom is 0.228 e. The monoisotopic (exact) mass is 455 g/mol. The molecule has 0 unspecified atom stereocenters. The molecule has 2 amide bonds. The Kier molecular flexibility index (Phi) is 5.20. The van der Waals surface area contributed by atoms with Crippen LogP contribution >= 0.6 is 11.6 Å². The molecule has 1 aromatic rings. The summed E-state index contributed by atoms with van der Waals surface area (Å²) in [5, 5.41) is 3.41. The second kappa shape index (κ2) is 7.58. The van der Waals surface area contributed by atoms with Crippen LogP contribution in [0.3, 0.4) is 0 Å². The highest BCUT2D eigenvalue weighted by Crippen LogP contribution is 2.66. The molecule has 0 bridgehead atoms. The maximum atomic E-state index is 13.4. The summed E-state index contributed by atoms with van der Waals surface area (Å²) in [4.78, 5) is 31.9. The minimum atomic E-state index is -0.00109. The van der Waals surface area contributed by atoms with Crippen LogP contribution in [-0.2, 0) is 9.59 Å². The van der Waals surface area contributed by atoms with E-state index in [2.05, 4.69) is 31.1 Å². The molecule has 4 aliphatic rings. The summed E-state index contributed by atoms with van der Waals surface area (Å²) in [6.07, 6.45) is 8.51. The van der Waals surface area contributed by atoms with E-state index < -0.39 is 0 Å². The Morgan fingerprint density at radius 3 is 2.75 bits per heavy atom. The number of anilines is 1. The lowest BCUT2D eigenvalue weighted by molar-refractivity contribution is -0.137. The van der Waals surface area contributed by atoms with Crippen LogP contribution in [0.15, 0.2) is 29.6 Å². The molecule has 2 saturated carbocycles. The van der Waals surface area contributed by atoms with Gasteiger partial charge in [-0.3, -0.25) is 9.59 Å². The number of nitrogens with one attached hydrogen (secondary N) is 1. The van der Waals surface area contributed by atoms with Crippen LogP contribution in [0.25, 0.3) is 0 Å². The molecule has 3 aliphatic carbocycles. The molecule has 6 atom stereocenters. The van der Waals surface area contributed by atoms with Gasteiger partial charge in [-0.15, -0.1) is 0 Å². The van der Waals surface area contributed by atoms with Crippen LogP contribution in [0, 0.1) is 34.5 Å². The molecule has 1 saturated heterocycles. The Hall–Kier alpha value is -1.88. The van der Waals surface area contributed by atoms with Crippen molar-refractivity contribution in [3.8, 4) is 0 Å². The lowest BCUT2D eigenvalue weighted by atomic mass is 9.48. The third kappa shape index (κ3) is 3.07. The van der Waals surface area contributed by atoms with Gasteiger partial charge in [0.15, 0.2) is 5.15 Å². The average molecular weight is 456 g/mol. The first-order valence-corrected chi connectivity index (χ1v) is 12.4. The van der Waals surface area contributed by atoms with Crippen molar-refractivity contribution in [2.45, 2.75) is 65.7 Å². The summed E-state index contributed by atoms with van der Waals surface area (Å²) in [6, 6.07) is 3.62. The molecule has 1 N–H and O–H groups in total. The number of pyridine rings is 1. The SMILES string of the molecule is CC1=C2N(C)C(=O)CC[C@]2(C)[C@H]2CC[C@]3(C)[C@@H](C(=O)Nc4cccnc4Cl)CC[C@H]3[C@@H]2C1. The molecule has 1 aromatic heterocycles. The fourth-order valence-electron chi connectivity index (χ4n) is 8.24. The van der Waals surface area contributed by atoms with E-state index in [4.69, 9.17) is 11.6 Å². The average Bonchev–Trinajstić information content (AvgIpc) is 3.10. The number of carbonyl (C=O) groups is 2. The number of halogens is 1. The number of rotatable bonds is 2. The largest absolute Gasteiger partial charge is 0.323 e. The first-order chi connectivity index (χ1) is 15.2. The quantitative estimate of drug-likeness (QED) is 0.584. The number of hydrogen-bond donors (Lipinski definition) is 1. The second-order valence-electron chi connectivity index (χ2n) is 11.1. The van der Waals surface area contributed by atoms with Crippen molar-refractivity contribution in [2.75, 3.05) is 12.4 Å². The van der Waals surface area contributed by atoms with E-state index in [0.29, 0.717) is 35.0 Å². The number of aromatic nitrogens is 1. The summed E-state index contributed by atoms with van der Waals surface area (Å²) < 4.78 is 0. The van der Waals surface area contributed by atoms with E-state index >= 15 is 0 Å². The number of nitrogens with zero attached hydrogens (tertiary/aromatic N) is 2. The van der Waals surface area contributed by atoms with Crippen LogP contribution in [-0.4, -0.2) is 28.7 Å². The summed E-state index contributed by atoms with van der Waals surface area (Å²) in [6.45, 7) is 6.98. The minimum absolute atomic E-state index is 0.00109. The Morgan fingerprint density at radius 1 is 1.22 bits per heavy atom. The van der Waals surface area contributed by atoms with Crippen molar-refractivity contribution >= 4 is 29.1 Å². The van der Waals surface area contributed by atoms with Crippen LogP contribution < -0.4 is 5.32 Å². The van der Waals surface area contributed by atoms with E-state index in [1.54, 1.807) is 12.3 Å². The molecule has 1 aliphatic heterocycles. The number of carbonyl (C=O) groups excluding carboxylic acids is 2. The van der Waals surface area contributed by atoms with E-state index in [-0.39, 0.29) is 28.6 Å². The number of amides is 2. The number of fused-ring (bicyclic) bond motifs is 5. The predicted molar refractivity (Wildman–Crippen MR) is 126 cm³/mol. The van der Waals surface area contributed by atoms with Crippen LogP contribution in [0.2, 0.25) is 5.15 Å². The van der Waals surface area contributed by atoms with Crippen LogP contribution in [0.1, 0.15) is 65.7 Å². The van der Waals surface area contributed by atoms with E-state index in [0.717, 1.165) is 38.5 Å². The van der Waals surface area contributed by atoms with Crippen molar-refractivity contribution in [1.82, 2.24) is 9.88 Å². The third-order valence-corrected chi connectivity index (χ3v) is 9.94. The van der Waals surface area contributed by atoms with Gasteiger partial charge in [-0.2, -0.15) is 0 Å². The molecular weight excluding hydrogens is 422 g/mol.